The van der Waals surface area contributed by atoms with E-state index in [1.54, 1.807) is 6.07 Å². The van der Waals surface area contributed by atoms with E-state index in [9.17, 15) is 9.59 Å². The van der Waals surface area contributed by atoms with Gasteiger partial charge in [-0.3, -0.25) is 9.59 Å². The topological polar surface area (TPSA) is 86.2 Å². The minimum atomic E-state index is -0.518. The first-order valence-electron chi connectivity index (χ1n) is 6.81. The molecular weight excluding hydrogens is 276 g/mol. The van der Waals surface area contributed by atoms with Crippen LogP contribution >= 0.6 is 11.6 Å². The Labute approximate surface area is 123 Å². The largest absolute Gasteiger partial charge is 0.369 e. The Morgan fingerprint density at radius 3 is 2.45 bits per heavy atom. The first kappa shape index (κ1) is 14.9. The van der Waals surface area contributed by atoms with Gasteiger partial charge < -0.3 is 11.5 Å². The molecule has 1 saturated carbocycles. The lowest BCUT2D eigenvalue weighted by atomic mass is 9.73. The third kappa shape index (κ3) is 2.80. The second kappa shape index (κ2) is 5.83. The Morgan fingerprint density at radius 1 is 1.20 bits per heavy atom. The van der Waals surface area contributed by atoms with Gasteiger partial charge in [-0.15, -0.1) is 0 Å². The summed E-state index contributed by atoms with van der Waals surface area (Å²) in [6.07, 6.45) is 3.62. The van der Waals surface area contributed by atoms with Crippen LogP contribution in [0.5, 0.6) is 0 Å². The number of benzene rings is 1. The van der Waals surface area contributed by atoms with E-state index < -0.39 is 5.91 Å². The van der Waals surface area contributed by atoms with E-state index >= 15 is 0 Å². The van der Waals surface area contributed by atoms with Crippen LogP contribution in [0.1, 0.15) is 53.1 Å². The quantitative estimate of drug-likeness (QED) is 0.897. The molecule has 0 aromatic heterocycles. The van der Waals surface area contributed by atoms with E-state index in [0.717, 1.165) is 36.8 Å². The van der Waals surface area contributed by atoms with Crippen LogP contribution in [-0.2, 0) is 4.79 Å². The molecule has 1 aliphatic rings. The highest BCUT2D eigenvalue weighted by atomic mass is 35.5. The summed E-state index contributed by atoms with van der Waals surface area (Å²) < 4.78 is 0. The molecule has 0 bridgehead atoms. The van der Waals surface area contributed by atoms with Gasteiger partial charge in [-0.2, -0.15) is 0 Å². The molecule has 1 fully saturated rings. The lowest BCUT2D eigenvalue weighted by Gasteiger charge is -2.31. The molecule has 2 unspecified atom stereocenters. The zero-order valence-corrected chi connectivity index (χ0v) is 12.2. The number of halogens is 1. The molecule has 0 aliphatic heterocycles. The highest BCUT2D eigenvalue weighted by molar-refractivity contribution is 6.31. The molecule has 5 heteroatoms. The van der Waals surface area contributed by atoms with Crippen LogP contribution < -0.4 is 11.5 Å². The summed E-state index contributed by atoms with van der Waals surface area (Å²) in [5, 5.41) is 0.508. The first-order valence-corrected chi connectivity index (χ1v) is 7.18. The Balaban J connectivity index is 2.51. The van der Waals surface area contributed by atoms with Crippen LogP contribution in [0.15, 0.2) is 12.1 Å². The second-order valence-electron chi connectivity index (χ2n) is 5.45. The van der Waals surface area contributed by atoms with Gasteiger partial charge >= 0.3 is 0 Å². The van der Waals surface area contributed by atoms with Gasteiger partial charge in [0.1, 0.15) is 0 Å². The van der Waals surface area contributed by atoms with Crippen molar-refractivity contribution >= 4 is 23.4 Å². The average Bonchev–Trinajstić information content (AvgIpc) is 2.41. The van der Waals surface area contributed by atoms with Crippen molar-refractivity contribution in [2.24, 2.45) is 17.4 Å². The van der Waals surface area contributed by atoms with Crippen molar-refractivity contribution < 1.29 is 9.59 Å². The van der Waals surface area contributed by atoms with Crippen LogP contribution in [0, 0.1) is 12.8 Å². The van der Waals surface area contributed by atoms with Crippen molar-refractivity contribution in [1.82, 2.24) is 0 Å². The zero-order chi connectivity index (χ0) is 14.9. The average molecular weight is 295 g/mol. The van der Waals surface area contributed by atoms with Crippen LogP contribution in [0.3, 0.4) is 0 Å². The fourth-order valence-electron chi connectivity index (χ4n) is 3.07. The minimum Gasteiger partial charge on any atom is -0.369 e. The summed E-state index contributed by atoms with van der Waals surface area (Å²) in [6, 6.07) is 3.47. The molecule has 4 N–H and O–H groups in total. The van der Waals surface area contributed by atoms with Gasteiger partial charge in [0.15, 0.2) is 0 Å². The van der Waals surface area contributed by atoms with Crippen molar-refractivity contribution in [2.75, 3.05) is 0 Å². The minimum absolute atomic E-state index is 0.0419. The third-order valence-electron chi connectivity index (χ3n) is 4.13. The number of rotatable bonds is 3. The van der Waals surface area contributed by atoms with Crippen LogP contribution in [0.25, 0.3) is 0 Å². The molecule has 0 spiro atoms. The molecule has 1 aliphatic carbocycles. The van der Waals surface area contributed by atoms with Gasteiger partial charge in [-0.1, -0.05) is 30.5 Å². The molecule has 0 heterocycles. The molecule has 4 nitrogen and oxygen atoms in total. The number of nitrogens with two attached hydrogens (primary N) is 2. The summed E-state index contributed by atoms with van der Waals surface area (Å²) >= 11 is 6.07. The Bertz CT molecular complexity index is 557. The summed E-state index contributed by atoms with van der Waals surface area (Å²) in [5.41, 5.74) is 13.0. The normalized spacial score (nSPS) is 22.5. The number of hydrogen-bond acceptors (Lipinski definition) is 2. The third-order valence-corrected chi connectivity index (χ3v) is 4.53. The smallest absolute Gasteiger partial charge is 0.249 e. The van der Waals surface area contributed by atoms with Crippen LogP contribution in [-0.4, -0.2) is 11.8 Å². The standard InChI is InChI=1S/C15H19ClN2O2/c1-8-6-11(12(15(18)20)7-13(8)16)9-4-2-3-5-10(9)14(17)19/h6-7,9-10H,2-5H2,1H3,(H2,17,19)(H2,18,20). The number of carbonyl (C=O) groups is 2. The fraction of sp³-hybridized carbons (Fsp3) is 0.467. The number of primary amides is 2. The predicted octanol–water partition coefficient (Wildman–Crippen LogP) is 2.51. The zero-order valence-electron chi connectivity index (χ0n) is 11.5. The summed E-state index contributed by atoms with van der Waals surface area (Å²) in [4.78, 5) is 23.3. The van der Waals surface area contributed by atoms with E-state index in [0.29, 0.717) is 10.6 Å². The van der Waals surface area contributed by atoms with Gasteiger partial charge in [0.25, 0.3) is 0 Å². The Kier molecular flexibility index (Phi) is 4.33. The number of amides is 2. The van der Waals surface area contributed by atoms with Crippen molar-refractivity contribution in [1.29, 1.82) is 0 Å². The van der Waals surface area contributed by atoms with E-state index in [-0.39, 0.29) is 17.7 Å². The molecule has 1 aromatic carbocycles. The van der Waals surface area contributed by atoms with Crippen LogP contribution in [0.4, 0.5) is 0 Å². The lowest BCUT2D eigenvalue weighted by Crippen LogP contribution is -2.32. The van der Waals surface area contributed by atoms with Gasteiger partial charge in [0.2, 0.25) is 11.8 Å². The Morgan fingerprint density at radius 2 is 1.85 bits per heavy atom. The maximum atomic E-state index is 11.7. The highest BCUT2D eigenvalue weighted by Gasteiger charge is 2.32. The maximum Gasteiger partial charge on any atom is 0.249 e. The predicted molar refractivity (Wildman–Crippen MR) is 78.6 cm³/mol. The van der Waals surface area contributed by atoms with Gasteiger partial charge in [-0.25, -0.2) is 0 Å². The number of carbonyl (C=O) groups excluding carboxylic acids is 2. The molecule has 2 rings (SSSR count). The summed E-state index contributed by atoms with van der Waals surface area (Å²) in [7, 11) is 0. The monoisotopic (exact) mass is 294 g/mol. The summed E-state index contributed by atoms with van der Waals surface area (Å²) in [6.45, 7) is 1.87. The van der Waals surface area contributed by atoms with Gasteiger partial charge in [0, 0.05) is 16.5 Å². The van der Waals surface area contributed by atoms with Gasteiger partial charge in [0.05, 0.1) is 0 Å². The van der Waals surface area contributed by atoms with Crippen LogP contribution in [0.2, 0.25) is 5.02 Å². The maximum absolute atomic E-state index is 11.7. The molecule has 0 saturated heterocycles. The van der Waals surface area contributed by atoms with E-state index in [2.05, 4.69) is 0 Å². The fourth-order valence-corrected chi connectivity index (χ4v) is 3.23. The second-order valence-corrected chi connectivity index (χ2v) is 5.86. The van der Waals surface area contributed by atoms with Crippen molar-refractivity contribution in [3.05, 3.63) is 33.8 Å². The number of hydrogen-bond donors (Lipinski definition) is 2. The van der Waals surface area contributed by atoms with Crippen molar-refractivity contribution in [3.8, 4) is 0 Å². The summed E-state index contributed by atoms with van der Waals surface area (Å²) in [5.74, 6) is -1.10. The first-order chi connectivity index (χ1) is 9.41. The van der Waals surface area contributed by atoms with E-state index in [1.807, 2.05) is 13.0 Å². The molecule has 2 atom stereocenters. The molecule has 20 heavy (non-hydrogen) atoms. The molecule has 108 valence electrons. The van der Waals surface area contributed by atoms with E-state index in [1.165, 1.54) is 0 Å². The molecule has 1 aromatic rings. The molecule has 0 radical (unpaired) electrons. The molecular formula is C15H19ClN2O2. The van der Waals surface area contributed by atoms with Crippen molar-refractivity contribution in [2.45, 2.75) is 38.5 Å². The number of aryl methyl sites for hydroxylation is 1. The highest BCUT2D eigenvalue weighted by Crippen LogP contribution is 2.40. The molecule has 2 amide bonds. The Hall–Kier alpha value is -1.55. The van der Waals surface area contributed by atoms with Crippen molar-refractivity contribution in [3.63, 3.8) is 0 Å². The van der Waals surface area contributed by atoms with Gasteiger partial charge in [-0.05, 0) is 42.9 Å². The lowest BCUT2D eigenvalue weighted by molar-refractivity contribution is -0.123. The SMILES string of the molecule is Cc1cc(C2CCCCC2C(N)=O)c(C(N)=O)cc1Cl. The van der Waals surface area contributed by atoms with E-state index in [4.69, 9.17) is 23.1 Å².